The lowest BCUT2D eigenvalue weighted by Crippen LogP contribution is -2.09. The lowest BCUT2D eigenvalue weighted by Gasteiger charge is -2.25. The Balaban J connectivity index is 1.27. The Hall–Kier alpha value is -5.90. The van der Waals surface area contributed by atoms with Gasteiger partial charge in [-0.1, -0.05) is 86.8 Å². The number of aryl methyl sites for hydroxylation is 2. The van der Waals surface area contributed by atoms with Gasteiger partial charge in [-0.3, -0.25) is 0 Å². The van der Waals surface area contributed by atoms with Crippen LogP contribution in [0.4, 0.5) is 17.1 Å². The number of aromatic nitrogens is 1. The number of para-hydroxylation sites is 2. The number of unbranched alkanes of at least 4 members (excludes halogenated alkanes) is 3. The van der Waals surface area contributed by atoms with Crippen molar-refractivity contribution in [2.24, 2.45) is 0 Å². The third-order valence-corrected chi connectivity index (χ3v) is 10.9. The smallest absolute Gasteiger partial charge is 0.346 e. The van der Waals surface area contributed by atoms with Crippen molar-refractivity contribution in [3.05, 3.63) is 143 Å². The summed E-state index contributed by atoms with van der Waals surface area (Å²) in [4.78, 5) is 15.9. The van der Waals surface area contributed by atoms with Crippen LogP contribution in [-0.4, -0.2) is 15.6 Å². The topological polar surface area (TPSA) is 69.3 Å². The van der Waals surface area contributed by atoms with E-state index in [1.807, 2.05) is 18.2 Å². The number of carboxylic acids is 1. The second-order valence-corrected chi connectivity index (χ2v) is 14.1. The molecule has 1 N–H and O–H groups in total. The second kappa shape index (κ2) is 15.6. The van der Waals surface area contributed by atoms with E-state index in [4.69, 9.17) is 0 Å². The fourth-order valence-electron chi connectivity index (χ4n) is 7.10. The summed E-state index contributed by atoms with van der Waals surface area (Å²) in [5.74, 6) is -1.20. The van der Waals surface area contributed by atoms with Crippen molar-refractivity contribution in [1.82, 2.24) is 4.57 Å². The third kappa shape index (κ3) is 7.01. The molecule has 0 atom stereocenters. The highest BCUT2D eigenvalue weighted by atomic mass is 32.1. The van der Waals surface area contributed by atoms with Crippen molar-refractivity contribution in [3.63, 3.8) is 0 Å². The van der Waals surface area contributed by atoms with Crippen LogP contribution in [0.15, 0.2) is 133 Å². The van der Waals surface area contributed by atoms with E-state index < -0.39 is 5.97 Å². The van der Waals surface area contributed by atoms with Crippen molar-refractivity contribution < 1.29 is 9.90 Å². The number of benzene rings is 5. The van der Waals surface area contributed by atoms with Gasteiger partial charge in [0.1, 0.15) is 11.6 Å². The SMILES string of the molecule is CCCCCCc1cc(-c2ccc3c(c2)c2cc(-c4ccc(N(c5ccccc5)c5ccccc5)cc4)ccc2n3CC)sc1/C=C(\C#N)C(=O)O. The van der Waals surface area contributed by atoms with E-state index in [0.717, 1.165) is 81.3 Å². The summed E-state index contributed by atoms with van der Waals surface area (Å²) in [5, 5.41) is 21.5. The van der Waals surface area contributed by atoms with Crippen LogP contribution < -0.4 is 4.90 Å². The maximum atomic E-state index is 11.7. The normalized spacial score (nSPS) is 11.6. The summed E-state index contributed by atoms with van der Waals surface area (Å²) in [6, 6.07) is 47.1. The molecule has 5 aromatic carbocycles. The minimum atomic E-state index is -1.20. The number of hydrogen-bond acceptors (Lipinski definition) is 4. The lowest BCUT2D eigenvalue weighted by atomic mass is 10.0. The molecule has 52 heavy (non-hydrogen) atoms. The van der Waals surface area contributed by atoms with Gasteiger partial charge in [-0.2, -0.15) is 5.26 Å². The molecule has 0 fully saturated rings. The monoisotopic (exact) mass is 699 g/mol. The van der Waals surface area contributed by atoms with E-state index >= 15 is 0 Å². The van der Waals surface area contributed by atoms with Gasteiger partial charge in [0.25, 0.3) is 0 Å². The first-order valence-electron chi connectivity index (χ1n) is 18.0. The first-order valence-corrected chi connectivity index (χ1v) is 18.9. The van der Waals surface area contributed by atoms with Crippen LogP contribution >= 0.6 is 11.3 Å². The molecule has 6 heteroatoms. The van der Waals surface area contributed by atoms with Gasteiger partial charge >= 0.3 is 5.97 Å². The highest BCUT2D eigenvalue weighted by Gasteiger charge is 2.17. The summed E-state index contributed by atoms with van der Waals surface area (Å²) in [6.07, 6.45) is 6.88. The first kappa shape index (κ1) is 34.5. The van der Waals surface area contributed by atoms with Gasteiger partial charge in [0.15, 0.2) is 0 Å². The molecular weight excluding hydrogens is 659 g/mol. The molecule has 7 aromatic rings. The van der Waals surface area contributed by atoms with Crippen molar-refractivity contribution in [1.29, 1.82) is 5.26 Å². The molecule has 0 saturated heterocycles. The largest absolute Gasteiger partial charge is 0.477 e. The maximum absolute atomic E-state index is 11.7. The van der Waals surface area contributed by atoms with E-state index in [1.54, 1.807) is 17.4 Å². The fraction of sp³-hybridized carbons (Fsp3) is 0.174. The van der Waals surface area contributed by atoms with Crippen LogP contribution in [-0.2, 0) is 17.8 Å². The quantitative estimate of drug-likeness (QED) is 0.0739. The maximum Gasteiger partial charge on any atom is 0.346 e. The van der Waals surface area contributed by atoms with Crippen LogP contribution in [0.2, 0.25) is 0 Å². The summed E-state index contributed by atoms with van der Waals surface area (Å²) in [6.45, 7) is 5.23. The van der Waals surface area contributed by atoms with Gasteiger partial charge in [-0.15, -0.1) is 11.3 Å². The number of fused-ring (bicyclic) bond motifs is 3. The van der Waals surface area contributed by atoms with Crippen LogP contribution in [0.1, 0.15) is 50.0 Å². The Bertz CT molecular complexity index is 2380. The molecule has 0 spiro atoms. The summed E-state index contributed by atoms with van der Waals surface area (Å²) in [7, 11) is 0. The zero-order valence-electron chi connectivity index (χ0n) is 29.5. The highest BCUT2D eigenvalue weighted by Crippen LogP contribution is 2.40. The van der Waals surface area contributed by atoms with Gasteiger partial charge < -0.3 is 14.6 Å². The number of hydrogen-bond donors (Lipinski definition) is 1. The molecule has 0 aliphatic carbocycles. The van der Waals surface area contributed by atoms with E-state index in [1.165, 1.54) is 28.2 Å². The van der Waals surface area contributed by atoms with Gasteiger partial charge in [0, 0.05) is 55.2 Å². The Morgan fingerprint density at radius 2 is 1.31 bits per heavy atom. The Morgan fingerprint density at radius 1 is 0.731 bits per heavy atom. The van der Waals surface area contributed by atoms with E-state index in [-0.39, 0.29) is 5.57 Å². The number of thiophene rings is 1. The fourth-order valence-corrected chi connectivity index (χ4v) is 8.25. The Morgan fingerprint density at radius 3 is 1.88 bits per heavy atom. The molecule has 0 aliphatic heterocycles. The molecule has 258 valence electrons. The molecule has 2 heterocycles. The number of carboxylic acid groups (broad SMARTS) is 1. The molecule has 5 nitrogen and oxygen atoms in total. The summed E-state index contributed by atoms with van der Waals surface area (Å²) in [5.41, 5.74) is 9.94. The Kier molecular flexibility index (Phi) is 10.3. The van der Waals surface area contributed by atoms with E-state index in [2.05, 4.69) is 139 Å². The molecule has 7 rings (SSSR count). The predicted molar refractivity (Wildman–Crippen MR) is 218 cm³/mol. The molecule has 0 aliphatic rings. The van der Waals surface area contributed by atoms with Gasteiger partial charge in [0.05, 0.1) is 0 Å². The van der Waals surface area contributed by atoms with Crippen molar-refractivity contribution >= 4 is 62.3 Å². The highest BCUT2D eigenvalue weighted by molar-refractivity contribution is 7.16. The van der Waals surface area contributed by atoms with Crippen molar-refractivity contribution in [2.75, 3.05) is 4.90 Å². The summed E-state index contributed by atoms with van der Waals surface area (Å²) >= 11 is 1.56. The van der Waals surface area contributed by atoms with Crippen LogP contribution in [0.3, 0.4) is 0 Å². The average molecular weight is 700 g/mol. The predicted octanol–water partition coefficient (Wildman–Crippen LogP) is 12.8. The Labute approximate surface area is 309 Å². The average Bonchev–Trinajstić information content (AvgIpc) is 3.74. The van der Waals surface area contributed by atoms with E-state index in [0.29, 0.717) is 0 Å². The molecule has 0 saturated carbocycles. The molecule has 0 radical (unpaired) electrons. The molecule has 0 bridgehead atoms. The number of carbonyl (C=O) groups is 1. The third-order valence-electron chi connectivity index (χ3n) is 9.72. The van der Waals surface area contributed by atoms with E-state index in [9.17, 15) is 15.2 Å². The number of nitrogens with zero attached hydrogens (tertiary/aromatic N) is 3. The molecule has 0 unspecified atom stereocenters. The number of anilines is 3. The number of aliphatic carboxylic acids is 1. The zero-order valence-corrected chi connectivity index (χ0v) is 30.4. The van der Waals surface area contributed by atoms with Crippen molar-refractivity contribution in [2.45, 2.75) is 52.5 Å². The van der Waals surface area contributed by atoms with Crippen LogP contribution in [0.5, 0.6) is 0 Å². The number of nitriles is 1. The summed E-state index contributed by atoms with van der Waals surface area (Å²) < 4.78 is 2.37. The van der Waals surface area contributed by atoms with Crippen LogP contribution in [0.25, 0.3) is 49.4 Å². The zero-order chi connectivity index (χ0) is 36.0. The van der Waals surface area contributed by atoms with Gasteiger partial charge in [-0.05, 0) is 115 Å². The minimum Gasteiger partial charge on any atom is -0.477 e. The molecular formula is C46H41N3O2S. The standard InChI is InChI=1S/C46H41N3O2S/c1-3-5-6-9-14-34-29-44(52-45(34)30-36(31-47)46(50)51)35-22-26-43-41(28-35)40-27-33(21-25-42(40)48(43)4-2)32-19-23-39(24-20-32)49(37-15-10-7-11-16-37)38-17-12-8-13-18-38/h7-8,10-13,15-30H,3-6,9,14H2,1-2H3,(H,50,51)/b36-30+. The van der Waals surface area contributed by atoms with Gasteiger partial charge in [-0.25, -0.2) is 4.79 Å². The number of rotatable bonds is 13. The second-order valence-electron chi connectivity index (χ2n) is 13.0. The molecule has 0 amide bonds. The molecule has 2 aromatic heterocycles. The first-order chi connectivity index (χ1) is 25.5. The lowest BCUT2D eigenvalue weighted by molar-refractivity contribution is -0.132. The minimum absolute atomic E-state index is 0.238. The van der Waals surface area contributed by atoms with Crippen molar-refractivity contribution in [3.8, 4) is 27.6 Å². The van der Waals surface area contributed by atoms with Crippen LogP contribution in [0, 0.1) is 11.3 Å². The van der Waals surface area contributed by atoms with Gasteiger partial charge in [0.2, 0.25) is 0 Å².